The fourth-order valence-corrected chi connectivity index (χ4v) is 4.84. The molecule has 0 spiro atoms. The van der Waals surface area contributed by atoms with E-state index in [1.807, 2.05) is 42.5 Å². The summed E-state index contributed by atoms with van der Waals surface area (Å²) < 4.78 is 5.32. The quantitative estimate of drug-likeness (QED) is 0.415. The Labute approximate surface area is 220 Å². The Morgan fingerprint density at radius 3 is 2.57 bits per heavy atom. The summed E-state index contributed by atoms with van der Waals surface area (Å²) in [5.41, 5.74) is 3.37. The fourth-order valence-electron chi connectivity index (χ4n) is 4.65. The van der Waals surface area contributed by atoms with Gasteiger partial charge in [-0.05, 0) is 60.7 Å². The molecule has 0 radical (unpaired) electrons. The maximum absolute atomic E-state index is 13.0. The molecule has 2 aromatic carbocycles. The van der Waals surface area contributed by atoms with Crippen LogP contribution < -0.4 is 10.1 Å². The highest BCUT2D eigenvalue weighted by Crippen LogP contribution is 2.34. The van der Waals surface area contributed by atoms with E-state index in [-0.39, 0.29) is 6.04 Å². The zero-order chi connectivity index (χ0) is 26.5. The predicted molar refractivity (Wildman–Crippen MR) is 140 cm³/mol. The lowest BCUT2D eigenvalue weighted by Gasteiger charge is -2.29. The van der Waals surface area contributed by atoms with Crippen molar-refractivity contribution in [1.29, 1.82) is 0 Å². The number of nitrogens with zero attached hydrogens (tertiary/aromatic N) is 2. The molecule has 2 amide bonds. The molecule has 4 rings (SSSR count). The summed E-state index contributed by atoms with van der Waals surface area (Å²) >= 11 is 6.10. The monoisotopic (exact) mass is 523 g/mol. The number of aliphatic hydroxyl groups is 2. The van der Waals surface area contributed by atoms with E-state index in [1.54, 1.807) is 38.4 Å². The van der Waals surface area contributed by atoms with Gasteiger partial charge in [-0.1, -0.05) is 48.0 Å². The van der Waals surface area contributed by atoms with E-state index < -0.39 is 30.1 Å². The minimum absolute atomic E-state index is 0.271. The molecule has 1 aromatic heterocycles. The second kappa shape index (κ2) is 11.7. The molecule has 1 fully saturated rings. The highest BCUT2D eigenvalue weighted by molar-refractivity contribution is 6.30. The topological polar surface area (TPSA) is 112 Å². The number of aromatic nitrogens is 1. The molecule has 0 aliphatic carbocycles. The largest absolute Gasteiger partial charge is 0.481 e. The first-order valence-corrected chi connectivity index (χ1v) is 12.5. The number of pyridine rings is 1. The highest BCUT2D eigenvalue weighted by atomic mass is 35.5. The molecule has 3 aromatic rings. The molecule has 194 valence electrons. The third kappa shape index (κ3) is 5.93. The summed E-state index contributed by atoms with van der Waals surface area (Å²) in [4.78, 5) is 31.5. The molecule has 0 saturated carbocycles. The molecule has 0 unspecified atom stereocenters. The fraction of sp³-hybridized carbons (Fsp3) is 0.321. The van der Waals surface area contributed by atoms with Gasteiger partial charge in [-0.25, -0.2) is 4.98 Å². The number of amides is 2. The first kappa shape index (κ1) is 26.6. The first-order valence-electron chi connectivity index (χ1n) is 12.1. The number of aliphatic hydroxyl groups excluding tert-OH is 2. The van der Waals surface area contributed by atoms with Crippen molar-refractivity contribution >= 4 is 23.4 Å². The van der Waals surface area contributed by atoms with Gasteiger partial charge >= 0.3 is 0 Å². The van der Waals surface area contributed by atoms with E-state index in [9.17, 15) is 19.8 Å². The van der Waals surface area contributed by atoms with Crippen molar-refractivity contribution in [2.75, 3.05) is 13.7 Å². The number of carbonyl (C=O) groups is 2. The molecule has 0 bridgehead atoms. The Morgan fingerprint density at radius 1 is 1.11 bits per heavy atom. The molecule has 37 heavy (non-hydrogen) atoms. The molecule has 1 aliphatic rings. The van der Waals surface area contributed by atoms with E-state index in [2.05, 4.69) is 10.3 Å². The molecular formula is C28H30ClN3O5. The summed E-state index contributed by atoms with van der Waals surface area (Å²) in [5, 5.41) is 24.3. The number of carbonyl (C=O) groups excluding carboxylic acids is 2. The van der Waals surface area contributed by atoms with Gasteiger partial charge in [0.2, 0.25) is 5.88 Å². The smallest absolute Gasteiger partial charge is 0.255 e. The van der Waals surface area contributed by atoms with Crippen LogP contribution in [0, 0.1) is 0 Å². The molecule has 9 heteroatoms. The van der Waals surface area contributed by atoms with Gasteiger partial charge in [-0.2, -0.15) is 0 Å². The number of hydrogen-bond acceptors (Lipinski definition) is 6. The average molecular weight is 524 g/mol. The maximum atomic E-state index is 13.0. The molecule has 1 aliphatic heterocycles. The maximum Gasteiger partial charge on any atom is 0.255 e. The van der Waals surface area contributed by atoms with E-state index in [0.717, 1.165) is 28.7 Å². The molecule has 8 nitrogen and oxygen atoms in total. The summed E-state index contributed by atoms with van der Waals surface area (Å²) in [6, 6.07) is 17.6. The summed E-state index contributed by atoms with van der Waals surface area (Å²) in [7, 11) is 1.56. The molecule has 4 atom stereocenters. The molecular weight excluding hydrogens is 494 g/mol. The number of methoxy groups -OCH3 is 1. The zero-order valence-corrected chi connectivity index (χ0v) is 21.4. The minimum Gasteiger partial charge on any atom is -0.481 e. The van der Waals surface area contributed by atoms with E-state index >= 15 is 0 Å². The van der Waals surface area contributed by atoms with Crippen LogP contribution in [-0.2, 0) is 9.59 Å². The Bertz CT molecular complexity index is 1250. The van der Waals surface area contributed by atoms with Crippen molar-refractivity contribution in [3.05, 3.63) is 83.0 Å². The Balaban J connectivity index is 1.39. The average Bonchev–Trinajstić information content (AvgIpc) is 3.42. The van der Waals surface area contributed by atoms with E-state index in [4.69, 9.17) is 16.3 Å². The lowest BCUT2D eigenvalue weighted by molar-refractivity contribution is -0.154. The van der Waals surface area contributed by atoms with Crippen LogP contribution in [-0.4, -0.2) is 57.8 Å². The lowest BCUT2D eigenvalue weighted by atomic mass is 10.0. The van der Waals surface area contributed by atoms with Gasteiger partial charge in [0.15, 0.2) is 12.2 Å². The van der Waals surface area contributed by atoms with Crippen LogP contribution in [0.2, 0.25) is 5.02 Å². The van der Waals surface area contributed by atoms with Crippen molar-refractivity contribution in [2.24, 2.45) is 0 Å². The van der Waals surface area contributed by atoms with Gasteiger partial charge in [-0.3, -0.25) is 9.59 Å². The highest BCUT2D eigenvalue weighted by Gasteiger charge is 2.38. The predicted octanol–water partition coefficient (Wildman–Crippen LogP) is 3.67. The van der Waals surface area contributed by atoms with Gasteiger partial charge in [-0.15, -0.1) is 0 Å². The minimum atomic E-state index is -1.91. The number of benzene rings is 2. The van der Waals surface area contributed by atoms with Crippen molar-refractivity contribution in [1.82, 2.24) is 15.2 Å². The SMILES string of the molecule is COc1ncccc1-c1ccc([C@@H](C)NC(=O)[C@H](O)[C@@H](O)C(=O)N2CCC[C@@H]2c2cccc(Cl)c2)cc1. The van der Waals surface area contributed by atoms with Crippen LogP contribution in [0.1, 0.15) is 43.0 Å². The molecule has 3 N–H and O–H groups in total. The number of halogens is 1. The Hall–Kier alpha value is -3.46. The van der Waals surface area contributed by atoms with Gasteiger partial charge in [0, 0.05) is 23.3 Å². The normalized spacial score (nSPS) is 17.6. The number of likely N-dealkylation sites (tertiary alicyclic amines) is 1. The van der Waals surface area contributed by atoms with E-state index in [0.29, 0.717) is 23.9 Å². The lowest BCUT2D eigenvalue weighted by Crippen LogP contribution is -2.50. The standard InChI is InChI=1S/C28H30ClN3O5/c1-17(18-10-12-19(13-11-18)22-8-4-14-30-27(22)37-2)31-26(35)24(33)25(34)28(36)32-15-5-9-23(32)20-6-3-7-21(29)16-20/h3-4,6-8,10-14,16-17,23-25,33-34H,5,9,15H2,1-2H3,(H,31,35)/t17-,23-,24-,25-/m1/s1. The van der Waals surface area contributed by atoms with Gasteiger partial charge in [0.1, 0.15) is 0 Å². The van der Waals surface area contributed by atoms with Crippen LogP contribution in [0.15, 0.2) is 66.9 Å². The van der Waals surface area contributed by atoms with Crippen LogP contribution in [0.5, 0.6) is 5.88 Å². The van der Waals surface area contributed by atoms with Crippen LogP contribution in [0.4, 0.5) is 0 Å². The number of ether oxygens (including phenoxy) is 1. The second-order valence-corrected chi connectivity index (χ2v) is 9.48. The summed E-state index contributed by atoms with van der Waals surface area (Å²) in [6.07, 6.45) is -0.684. The Morgan fingerprint density at radius 2 is 1.86 bits per heavy atom. The molecule has 1 saturated heterocycles. The number of nitrogens with one attached hydrogen (secondary N) is 1. The van der Waals surface area contributed by atoms with Crippen molar-refractivity contribution in [3.63, 3.8) is 0 Å². The summed E-state index contributed by atoms with van der Waals surface area (Å²) in [6.45, 7) is 2.18. The first-order chi connectivity index (χ1) is 17.8. The van der Waals surface area contributed by atoms with E-state index in [1.165, 1.54) is 4.90 Å². The number of rotatable bonds is 8. The third-order valence-corrected chi connectivity index (χ3v) is 6.87. The van der Waals surface area contributed by atoms with Gasteiger partial charge < -0.3 is 25.2 Å². The zero-order valence-electron chi connectivity index (χ0n) is 20.7. The van der Waals surface area contributed by atoms with Crippen molar-refractivity contribution in [3.8, 4) is 17.0 Å². The van der Waals surface area contributed by atoms with Crippen molar-refractivity contribution < 1.29 is 24.5 Å². The number of hydrogen-bond donors (Lipinski definition) is 3. The second-order valence-electron chi connectivity index (χ2n) is 9.05. The van der Waals surface area contributed by atoms with Gasteiger partial charge in [0.05, 0.1) is 19.2 Å². The molecule has 2 heterocycles. The third-order valence-electron chi connectivity index (χ3n) is 6.64. The van der Waals surface area contributed by atoms with Crippen LogP contribution in [0.3, 0.4) is 0 Å². The van der Waals surface area contributed by atoms with Crippen LogP contribution in [0.25, 0.3) is 11.1 Å². The summed E-state index contributed by atoms with van der Waals surface area (Å²) in [5.74, 6) is -1.01. The Kier molecular flexibility index (Phi) is 8.43. The van der Waals surface area contributed by atoms with Crippen LogP contribution >= 0.6 is 11.6 Å². The van der Waals surface area contributed by atoms with Crippen molar-refractivity contribution in [2.45, 2.75) is 44.1 Å². The van der Waals surface area contributed by atoms with Gasteiger partial charge in [0.25, 0.3) is 11.8 Å².